The SMILES string of the molecule is CN(C)c1ccc(N2C(=O)/C(=C/c3ccc(OCC#N)cc3)SC2=S)cc1. The second-order valence-corrected chi connectivity index (χ2v) is 7.62. The highest BCUT2D eigenvalue weighted by Gasteiger charge is 2.33. The minimum atomic E-state index is -0.132. The Morgan fingerprint density at radius 3 is 2.44 bits per heavy atom. The lowest BCUT2D eigenvalue weighted by Gasteiger charge is -2.17. The van der Waals surface area contributed by atoms with Gasteiger partial charge in [0, 0.05) is 19.8 Å². The number of ether oxygens (including phenoxy) is 1. The third kappa shape index (κ3) is 4.30. The molecular formula is C20H17N3O2S2. The molecule has 7 heteroatoms. The van der Waals surface area contributed by atoms with E-state index in [1.165, 1.54) is 11.8 Å². The maximum absolute atomic E-state index is 12.8. The lowest BCUT2D eigenvalue weighted by atomic mass is 10.2. The van der Waals surface area contributed by atoms with Crippen LogP contribution in [0.3, 0.4) is 0 Å². The molecule has 0 unspecified atom stereocenters. The molecule has 0 radical (unpaired) electrons. The van der Waals surface area contributed by atoms with Crippen molar-refractivity contribution < 1.29 is 9.53 Å². The van der Waals surface area contributed by atoms with E-state index in [0.717, 1.165) is 16.9 Å². The average molecular weight is 396 g/mol. The van der Waals surface area contributed by atoms with Gasteiger partial charge in [-0.1, -0.05) is 36.1 Å². The molecule has 1 saturated heterocycles. The Kier molecular flexibility index (Phi) is 5.79. The summed E-state index contributed by atoms with van der Waals surface area (Å²) in [7, 11) is 3.93. The van der Waals surface area contributed by atoms with E-state index in [2.05, 4.69) is 0 Å². The molecule has 0 bridgehead atoms. The van der Waals surface area contributed by atoms with E-state index < -0.39 is 0 Å². The van der Waals surface area contributed by atoms with Crippen molar-refractivity contribution >= 4 is 51.7 Å². The van der Waals surface area contributed by atoms with E-state index in [4.69, 9.17) is 22.2 Å². The van der Waals surface area contributed by atoms with Gasteiger partial charge in [0.15, 0.2) is 10.9 Å². The van der Waals surface area contributed by atoms with Gasteiger partial charge in [-0.05, 0) is 48.0 Å². The standard InChI is InChI=1S/C20H17N3O2S2/c1-22(2)15-5-7-16(8-6-15)23-19(24)18(27-20(23)26)13-14-3-9-17(10-4-14)25-12-11-21/h3-10,13H,12H2,1-2H3/b18-13-. The van der Waals surface area contributed by atoms with Gasteiger partial charge in [0.2, 0.25) is 0 Å². The first-order valence-corrected chi connectivity index (χ1v) is 9.37. The first-order chi connectivity index (χ1) is 13.0. The molecule has 1 fully saturated rings. The van der Waals surface area contributed by atoms with Gasteiger partial charge in [-0.3, -0.25) is 9.69 Å². The van der Waals surface area contributed by atoms with Crippen molar-refractivity contribution in [2.75, 3.05) is 30.5 Å². The maximum Gasteiger partial charge on any atom is 0.270 e. The zero-order valence-electron chi connectivity index (χ0n) is 14.9. The lowest BCUT2D eigenvalue weighted by Crippen LogP contribution is -2.27. The van der Waals surface area contributed by atoms with Gasteiger partial charge in [0.25, 0.3) is 5.91 Å². The van der Waals surface area contributed by atoms with Crippen LogP contribution in [0.25, 0.3) is 6.08 Å². The molecule has 0 N–H and O–H groups in total. The molecule has 3 rings (SSSR count). The summed E-state index contributed by atoms with van der Waals surface area (Å²) >= 11 is 6.70. The molecule has 136 valence electrons. The van der Waals surface area contributed by atoms with Crippen LogP contribution < -0.4 is 14.5 Å². The van der Waals surface area contributed by atoms with Crippen LogP contribution in [0.2, 0.25) is 0 Å². The van der Waals surface area contributed by atoms with Crippen LogP contribution in [0.15, 0.2) is 53.4 Å². The molecule has 2 aromatic carbocycles. The lowest BCUT2D eigenvalue weighted by molar-refractivity contribution is -0.113. The number of thioether (sulfide) groups is 1. The number of nitrogens with zero attached hydrogens (tertiary/aromatic N) is 3. The van der Waals surface area contributed by atoms with E-state index in [-0.39, 0.29) is 12.5 Å². The van der Waals surface area contributed by atoms with E-state index in [1.54, 1.807) is 17.0 Å². The Morgan fingerprint density at radius 2 is 1.85 bits per heavy atom. The molecule has 1 heterocycles. The maximum atomic E-state index is 12.8. The van der Waals surface area contributed by atoms with Crippen LogP contribution in [-0.2, 0) is 4.79 Å². The highest BCUT2D eigenvalue weighted by Crippen LogP contribution is 2.36. The summed E-state index contributed by atoms with van der Waals surface area (Å²) in [6, 6.07) is 16.8. The van der Waals surface area contributed by atoms with Crippen LogP contribution in [0.5, 0.6) is 5.75 Å². The third-order valence-corrected chi connectivity index (χ3v) is 5.20. The molecule has 0 atom stereocenters. The normalized spacial score (nSPS) is 15.1. The highest BCUT2D eigenvalue weighted by molar-refractivity contribution is 8.27. The van der Waals surface area contributed by atoms with Crippen molar-refractivity contribution in [2.24, 2.45) is 0 Å². The second kappa shape index (κ2) is 8.25. The van der Waals surface area contributed by atoms with Crippen molar-refractivity contribution in [1.82, 2.24) is 0 Å². The fourth-order valence-electron chi connectivity index (χ4n) is 2.52. The highest BCUT2D eigenvalue weighted by atomic mass is 32.2. The van der Waals surface area contributed by atoms with Crippen molar-refractivity contribution in [3.8, 4) is 11.8 Å². The number of benzene rings is 2. The zero-order valence-corrected chi connectivity index (χ0v) is 16.5. The quantitative estimate of drug-likeness (QED) is 0.562. The summed E-state index contributed by atoms with van der Waals surface area (Å²) in [4.78, 5) is 16.9. The predicted octanol–water partition coefficient (Wildman–Crippen LogP) is 4.06. The van der Waals surface area contributed by atoms with Crippen LogP contribution in [-0.4, -0.2) is 30.9 Å². The monoisotopic (exact) mass is 395 g/mol. The van der Waals surface area contributed by atoms with Crippen LogP contribution >= 0.6 is 24.0 Å². The molecule has 1 amide bonds. The van der Waals surface area contributed by atoms with Gasteiger partial charge < -0.3 is 9.64 Å². The fraction of sp³-hybridized carbons (Fsp3) is 0.150. The smallest absolute Gasteiger partial charge is 0.270 e. The van der Waals surface area contributed by atoms with E-state index in [0.29, 0.717) is 15.0 Å². The number of carbonyl (C=O) groups excluding carboxylic acids is 1. The van der Waals surface area contributed by atoms with Gasteiger partial charge in [-0.25, -0.2) is 0 Å². The molecule has 1 aliphatic heterocycles. The van der Waals surface area contributed by atoms with Crippen molar-refractivity contribution in [2.45, 2.75) is 0 Å². The van der Waals surface area contributed by atoms with E-state index in [9.17, 15) is 4.79 Å². The minimum absolute atomic E-state index is 0.00458. The summed E-state index contributed by atoms with van der Waals surface area (Å²) in [5.74, 6) is 0.481. The Labute approximate surface area is 167 Å². The summed E-state index contributed by atoms with van der Waals surface area (Å²) in [5.41, 5.74) is 2.67. The molecule has 1 aliphatic rings. The van der Waals surface area contributed by atoms with Gasteiger partial charge in [0.05, 0.1) is 10.6 Å². The molecule has 5 nitrogen and oxygen atoms in total. The predicted molar refractivity (Wildman–Crippen MR) is 114 cm³/mol. The van der Waals surface area contributed by atoms with Gasteiger partial charge >= 0.3 is 0 Å². The van der Waals surface area contributed by atoms with E-state index >= 15 is 0 Å². The zero-order chi connectivity index (χ0) is 19.4. The van der Waals surface area contributed by atoms with Crippen molar-refractivity contribution in [1.29, 1.82) is 5.26 Å². The first kappa shape index (κ1) is 19.0. The van der Waals surface area contributed by atoms with Gasteiger partial charge in [0.1, 0.15) is 11.8 Å². The molecule has 0 spiro atoms. The number of rotatable bonds is 5. The average Bonchev–Trinajstić information content (AvgIpc) is 2.94. The largest absolute Gasteiger partial charge is 0.479 e. The van der Waals surface area contributed by atoms with Crippen LogP contribution in [0.1, 0.15) is 5.56 Å². The number of nitriles is 1. The number of carbonyl (C=O) groups is 1. The summed E-state index contributed by atoms with van der Waals surface area (Å²) in [5, 5.41) is 8.54. The molecule has 0 aliphatic carbocycles. The van der Waals surface area contributed by atoms with Crippen LogP contribution in [0, 0.1) is 11.3 Å². The van der Waals surface area contributed by atoms with Gasteiger partial charge in [-0.15, -0.1) is 0 Å². The Hall–Kier alpha value is -2.82. The summed E-state index contributed by atoms with van der Waals surface area (Å²) < 4.78 is 5.75. The summed E-state index contributed by atoms with van der Waals surface area (Å²) in [6.45, 7) is 0.00458. The number of hydrogen-bond donors (Lipinski definition) is 0. The number of anilines is 2. The molecule has 27 heavy (non-hydrogen) atoms. The topological polar surface area (TPSA) is 56.6 Å². The molecule has 0 aromatic heterocycles. The third-order valence-electron chi connectivity index (χ3n) is 3.90. The number of hydrogen-bond acceptors (Lipinski definition) is 6. The van der Waals surface area contributed by atoms with E-state index in [1.807, 2.05) is 67.5 Å². The summed E-state index contributed by atoms with van der Waals surface area (Å²) in [6.07, 6.45) is 1.81. The number of amides is 1. The minimum Gasteiger partial charge on any atom is -0.479 e. The Bertz CT molecular complexity index is 929. The van der Waals surface area contributed by atoms with Crippen molar-refractivity contribution in [3.05, 3.63) is 59.0 Å². The van der Waals surface area contributed by atoms with Crippen LogP contribution in [0.4, 0.5) is 11.4 Å². The Balaban J connectivity index is 1.79. The molecule has 2 aromatic rings. The van der Waals surface area contributed by atoms with Crippen molar-refractivity contribution in [3.63, 3.8) is 0 Å². The first-order valence-electron chi connectivity index (χ1n) is 8.15. The fourth-order valence-corrected chi connectivity index (χ4v) is 3.82. The van der Waals surface area contributed by atoms with Gasteiger partial charge in [-0.2, -0.15) is 5.26 Å². The molecular weight excluding hydrogens is 378 g/mol. The second-order valence-electron chi connectivity index (χ2n) is 5.94. The number of thiocarbonyl (C=S) groups is 1. The Morgan fingerprint density at radius 1 is 1.19 bits per heavy atom. The molecule has 0 saturated carbocycles.